The Labute approximate surface area is 184 Å². The number of aryl methyl sites for hydroxylation is 1. The minimum Gasteiger partial charge on any atom is -0.353 e. The maximum Gasteiger partial charge on any atom is 0.254 e. The van der Waals surface area contributed by atoms with Crippen LogP contribution in [-0.2, 0) is 0 Å². The molecule has 5 rings (SSSR count). The van der Waals surface area contributed by atoms with Crippen molar-refractivity contribution in [2.75, 3.05) is 31.1 Å². The number of aromatic nitrogens is 8. The summed E-state index contributed by atoms with van der Waals surface area (Å²) in [4.78, 5) is 30.3. The van der Waals surface area contributed by atoms with Crippen LogP contribution < -0.4 is 4.90 Å². The molecule has 0 N–H and O–H groups in total. The van der Waals surface area contributed by atoms with E-state index in [-0.39, 0.29) is 5.91 Å². The molecule has 162 valence electrons. The largest absolute Gasteiger partial charge is 0.353 e. The van der Waals surface area contributed by atoms with Gasteiger partial charge in [-0.05, 0) is 42.5 Å². The van der Waals surface area contributed by atoms with Gasteiger partial charge in [0, 0.05) is 43.5 Å². The summed E-state index contributed by atoms with van der Waals surface area (Å²) in [5, 5.41) is 11.2. The fourth-order valence-electron chi connectivity index (χ4n) is 3.75. The van der Waals surface area contributed by atoms with E-state index in [2.05, 4.69) is 35.4 Å². The fraction of sp³-hybridized carbons (Fsp3) is 0.286. The van der Waals surface area contributed by atoms with E-state index in [0.29, 0.717) is 31.7 Å². The standard InChI is InChI=1S/C21H22N10O/c1-15-16(2)30(13-24-15)20-11-19(22-12-23-20)28-6-8-29(9-7-28)21(32)17-4-3-5-18(10-17)31-14-25-26-27-31/h3-5,10-14H,6-9H2,1-2H3. The molecule has 0 aliphatic carbocycles. The van der Waals surface area contributed by atoms with E-state index in [4.69, 9.17) is 0 Å². The van der Waals surface area contributed by atoms with Gasteiger partial charge in [-0.2, -0.15) is 0 Å². The number of hydrogen-bond donors (Lipinski definition) is 0. The Hall–Kier alpha value is -4.15. The third-order valence-electron chi connectivity index (χ3n) is 5.73. The van der Waals surface area contributed by atoms with Crippen LogP contribution in [0.3, 0.4) is 0 Å². The summed E-state index contributed by atoms with van der Waals surface area (Å²) in [5.41, 5.74) is 3.38. The van der Waals surface area contributed by atoms with Gasteiger partial charge in [-0.1, -0.05) is 6.07 Å². The zero-order valence-electron chi connectivity index (χ0n) is 17.8. The lowest BCUT2D eigenvalue weighted by molar-refractivity contribution is 0.0746. The molecule has 0 atom stereocenters. The number of tetrazole rings is 1. The average molecular weight is 430 g/mol. The molecule has 0 radical (unpaired) electrons. The van der Waals surface area contributed by atoms with Crippen molar-refractivity contribution >= 4 is 11.7 Å². The second kappa shape index (κ2) is 8.17. The average Bonchev–Trinajstić information content (AvgIpc) is 3.50. The summed E-state index contributed by atoms with van der Waals surface area (Å²) in [6.45, 7) is 6.59. The van der Waals surface area contributed by atoms with E-state index < -0.39 is 0 Å². The van der Waals surface area contributed by atoms with E-state index >= 15 is 0 Å². The molecule has 0 bridgehead atoms. The van der Waals surface area contributed by atoms with Gasteiger partial charge in [-0.25, -0.2) is 19.6 Å². The molecule has 1 aliphatic heterocycles. The summed E-state index contributed by atoms with van der Waals surface area (Å²) >= 11 is 0. The highest BCUT2D eigenvalue weighted by atomic mass is 16.2. The van der Waals surface area contributed by atoms with Crippen molar-refractivity contribution in [2.24, 2.45) is 0 Å². The van der Waals surface area contributed by atoms with Crippen molar-refractivity contribution in [1.29, 1.82) is 0 Å². The molecular weight excluding hydrogens is 408 g/mol. The number of amides is 1. The Morgan fingerprint density at radius 3 is 2.47 bits per heavy atom. The Morgan fingerprint density at radius 2 is 1.75 bits per heavy atom. The third kappa shape index (κ3) is 3.68. The minimum absolute atomic E-state index is 0.00698. The van der Waals surface area contributed by atoms with Gasteiger partial charge in [0.25, 0.3) is 5.91 Å². The second-order valence-corrected chi connectivity index (χ2v) is 7.60. The zero-order valence-corrected chi connectivity index (χ0v) is 17.8. The molecule has 0 spiro atoms. The van der Waals surface area contributed by atoms with Gasteiger partial charge in [-0.15, -0.1) is 5.10 Å². The monoisotopic (exact) mass is 430 g/mol. The predicted molar refractivity (Wildman–Crippen MR) is 116 cm³/mol. The van der Waals surface area contributed by atoms with E-state index in [1.165, 1.54) is 11.0 Å². The molecule has 11 nitrogen and oxygen atoms in total. The highest BCUT2D eigenvalue weighted by Gasteiger charge is 2.23. The lowest BCUT2D eigenvalue weighted by atomic mass is 10.1. The molecule has 0 saturated carbocycles. The number of imidazole rings is 1. The Morgan fingerprint density at radius 1 is 0.938 bits per heavy atom. The SMILES string of the molecule is Cc1ncn(-c2cc(N3CCN(C(=O)c4cccc(-n5cnnn5)c4)CC3)ncn2)c1C. The molecule has 1 fully saturated rings. The van der Waals surface area contributed by atoms with E-state index in [0.717, 1.165) is 28.7 Å². The summed E-state index contributed by atoms with van der Waals surface area (Å²) in [7, 11) is 0. The summed E-state index contributed by atoms with van der Waals surface area (Å²) in [6, 6.07) is 9.27. The number of anilines is 1. The summed E-state index contributed by atoms with van der Waals surface area (Å²) in [6.07, 6.45) is 4.85. The van der Waals surface area contributed by atoms with Crippen LogP contribution in [0, 0.1) is 13.8 Å². The van der Waals surface area contributed by atoms with Crippen molar-refractivity contribution in [3.8, 4) is 11.5 Å². The Balaban J connectivity index is 1.28. The first-order valence-corrected chi connectivity index (χ1v) is 10.3. The van der Waals surface area contributed by atoms with Crippen molar-refractivity contribution in [1.82, 2.24) is 44.6 Å². The fourth-order valence-corrected chi connectivity index (χ4v) is 3.75. The number of benzene rings is 1. The third-order valence-corrected chi connectivity index (χ3v) is 5.73. The van der Waals surface area contributed by atoms with Crippen LogP contribution >= 0.6 is 0 Å². The van der Waals surface area contributed by atoms with Gasteiger partial charge < -0.3 is 9.80 Å². The van der Waals surface area contributed by atoms with E-state index in [9.17, 15) is 4.79 Å². The number of piperazine rings is 1. The molecule has 32 heavy (non-hydrogen) atoms. The summed E-state index contributed by atoms with van der Waals surface area (Å²) in [5.74, 6) is 1.62. The van der Waals surface area contributed by atoms with Gasteiger partial charge in [0.2, 0.25) is 0 Å². The number of carbonyl (C=O) groups excluding carboxylic acids is 1. The van der Waals surface area contributed by atoms with Crippen LogP contribution in [-0.4, -0.2) is 76.7 Å². The molecule has 4 heterocycles. The topological polar surface area (TPSA) is 111 Å². The maximum absolute atomic E-state index is 13.1. The molecule has 4 aromatic rings. The molecule has 1 aromatic carbocycles. The van der Waals surface area contributed by atoms with Gasteiger partial charge in [0.05, 0.1) is 11.4 Å². The van der Waals surface area contributed by atoms with Gasteiger partial charge >= 0.3 is 0 Å². The first-order valence-electron chi connectivity index (χ1n) is 10.3. The van der Waals surface area contributed by atoms with Crippen LogP contribution in [0.5, 0.6) is 0 Å². The number of carbonyl (C=O) groups is 1. The van der Waals surface area contributed by atoms with Crippen LogP contribution in [0.25, 0.3) is 11.5 Å². The minimum atomic E-state index is -0.00698. The van der Waals surface area contributed by atoms with Crippen LogP contribution in [0.4, 0.5) is 5.82 Å². The Kier molecular flexibility index (Phi) is 5.06. The van der Waals surface area contributed by atoms with Crippen molar-refractivity contribution in [2.45, 2.75) is 13.8 Å². The Bertz CT molecular complexity index is 1240. The zero-order chi connectivity index (χ0) is 22.1. The molecular formula is C21H22N10O. The first kappa shape index (κ1) is 19.8. The lowest BCUT2D eigenvalue weighted by Crippen LogP contribution is -2.49. The van der Waals surface area contributed by atoms with Gasteiger partial charge in [0.1, 0.15) is 30.6 Å². The number of hydrogen-bond acceptors (Lipinski definition) is 8. The first-order chi connectivity index (χ1) is 15.6. The molecule has 0 unspecified atom stereocenters. The lowest BCUT2D eigenvalue weighted by Gasteiger charge is -2.35. The van der Waals surface area contributed by atoms with E-state index in [1.807, 2.05) is 47.6 Å². The van der Waals surface area contributed by atoms with Crippen molar-refractivity contribution in [3.05, 3.63) is 66.3 Å². The van der Waals surface area contributed by atoms with Crippen molar-refractivity contribution < 1.29 is 4.79 Å². The summed E-state index contributed by atoms with van der Waals surface area (Å²) < 4.78 is 3.49. The quantitative estimate of drug-likeness (QED) is 0.475. The van der Waals surface area contributed by atoms with E-state index in [1.54, 1.807) is 18.7 Å². The smallest absolute Gasteiger partial charge is 0.254 e. The maximum atomic E-state index is 13.1. The van der Waals surface area contributed by atoms with Crippen molar-refractivity contribution in [3.63, 3.8) is 0 Å². The normalized spacial score (nSPS) is 14.1. The predicted octanol–water partition coefficient (Wildman–Crippen LogP) is 1.22. The van der Waals surface area contributed by atoms with Crippen LogP contribution in [0.2, 0.25) is 0 Å². The molecule has 11 heteroatoms. The molecule has 1 saturated heterocycles. The highest BCUT2D eigenvalue weighted by Crippen LogP contribution is 2.19. The molecule has 1 aliphatic rings. The van der Waals surface area contributed by atoms with Gasteiger partial charge in [-0.3, -0.25) is 9.36 Å². The van der Waals surface area contributed by atoms with Crippen LogP contribution in [0.1, 0.15) is 21.7 Å². The second-order valence-electron chi connectivity index (χ2n) is 7.60. The number of nitrogens with zero attached hydrogens (tertiary/aromatic N) is 10. The van der Waals surface area contributed by atoms with Gasteiger partial charge in [0.15, 0.2) is 0 Å². The molecule has 1 amide bonds. The van der Waals surface area contributed by atoms with Crippen LogP contribution in [0.15, 0.2) is 49.3 Å². The highest BCUT2D eigenvalue weighted by molar-refractivity contribution is 5.95. The number of rotatable bonds is 4. The molecule has 3 aromatic heterocycles.